The van der Waals surface area contributed by atoms with Crippen LogP contribution in [0.5, 0.6) is 0 Å². The first-order valence-corrected chi connectivity index (χ1v) is 12.8. The van der Waals surface area contributed by atoms with Crippen LogP contribution in [0.1, 0.15) is 48.7 Å². The topological polar surface area (TPSA) is 80.0 Å². The highest BCUT2D eigenvalue weighted by atomic mass is 15.3. The third-order valence-corrected chi connectivity index (χ3v) is 6.62. The molecule has 0 saturated carbocycles. The molecule has 0 radical (unpaired) electrons. The van der Waals surface area contributed by atoms with Crippen LogP contribution >= 0.6 is 0 Å². The van der Waals surface area contributed by atoms with Crippen molar-refractivity contribution in [1.82, 2.24) is 15.0 Å². The van der Waals surface area contributed by atoms with Gasteiger partial charge in [0.2, 0.25) is 5.95 Å². The van der Waals surface area contributed by atoms with E-state index < -0.39 is 0 Å². The Labute approximate surface area is 213 Å². The van der Waals surface area contributed by atoms with Gasteiger partial charge in [0.25, 0.3) is 0 Å². The minimum Gasteiger partial charge on any atom is -0.351 e. The Hall–Kier alpha value is -3.77. The van der Waals surface area contributed by atoms with Crippen molar-refractivity contribution in [3.63, 3.8) is 0 Å². The first kappa shape index (κ1) is 23.9. The number of hydrogen-bond donors (Lipinski definition) is 2. The highest BCUT2D eigenvalue weighted by molar-refractivity contribution is 5.68. The summed E-state index contributed by atoms with van der Waals surface area (Å²) in [5.41, 5.74) is 12.8. The molecule has 6 heteroatoms. The summed E-state index contributed by atoms with van der Waals surface area (Å²) >= 11 is 0. The summed E-state index contributed by atoms with van der Waals surface area (Å²) in [5.74, 6) is 2.52. The van der Waals surface area contributed by atoms with E-state index >= 15 is 0 Å². The van der Waals surface area contributed by atoms with Gasteiger partial charge in [-0.15, -0.1) is 0 Å². The Balaban J connectivity index is 1.39. The van der Waals surface area contributed by atoms with Crippen molar-refractivity contribution >= 4 is 17.6 Å². The number of aryl methyl sites for hydroxylation is 2. The summed E-state index contributed by atoms with van der Waals surface area (Å²) in [6.45, 7) is 7.08. The second-order valence-corrected chi connectivity index (χ2v) is 9.77. The minimum absolute atomic E-state index is 0.0271. The van der Waals surface area contributed by atoms with E-state index in [1.807, 2.05) is 38.1 Å². The van der Waals surface area contributed by atoms with E-state index in [2.05, 4.69) is 70.7 Å². The Morgan fingerprint density at radius 1 is 0.944 bits per heavy atom. The molecule has 1 aliphatic rings. The lowest BCUT2D eigenvalue weighted by molar-refractivity contribution is 0.740. The van der Waals surface area contributed by atoms with Crippen molar-refractivity contribution in [3.05, 3.63) is 95.2 Å². The predicted octanol–water partition coefficient (Wildman–Crippen LogP) is 5.99. The van der Waals surface area contributed by atoms with Crippen molar-refractivity contribution in [2.45, 2.75) is 52.1 Å². The van der Waals surface area contributed by atoms with Crippen LogP contribution in [-0.2, 0) is 12.8 Å². The predicted molar refractivity (Wildman–Crippen MR) is 148 cm³/mol. The summed E-state index contributed by atoms with van der Waals surface area (Å²) in [7, 11) is 0. The maximum Gasteiger partial charge on any atom is 0.225 e. The Morgan fingerprint density at radius 3 is 2.58 bits per heavy atom. The molecule has 0 bridgehead atoms. The number of fused-ring (bicyclic) bond motifs is 1. The number of pyridine rings is 1. The maximum absolute atomic E-state index is 6.07. The SMILES string of the molecule is Cc1cc(N2CCCc3ccc(-c4ccccc4)nc32)nc(NC(C)Cc2cccc([C@@H](C)N)c2)n1. The smallest absolute Gasteiger partial charge is 0.225 e. The lowest BCUT2D eigenvalue weighted by atomic mass is 10.0. The van der Waals surface area contributed by atoms with Crippen LogP contribution in [0.4, 0.5) is 17.6 Å². The van der Waals surface area contributed by atoms with Gasteiger partial charge in [0.05, 0.1) is 5.69 Å². The van der Waals surface area contributed by atoms with Gasteiger partial charge in [-0.2, -0.15) is 4.98 Å². The van der Waals surface area contributed by atoms with Crippen molar-refractivity contribution < 1.29 is 0 Å². The van der Waals surface area contributed by atoms with Crippen LogP contribution in [0, 0.1) is 6.92 Å². The highest BCUT2D eigenvalue weighted by Gasteiger charge is 2.23. The Bertz CT molecular complexity index is 1330. The number of nitrogens with one attached hydrogen (secondary N) is 1. The van der Waals surface area contributed by atoms with Crippen LogP contribution < -0.4 is 16.0 Å². The van der Waals surface area contributed by atoms with Crippen molar-refractivity contribution in [3.8, 4) is 11.3 Å². The van der Waals surface area contributed by atoms with E-state index in [4.69, 9.17) is 15.7 Å². The third kappa shape index (κ3) is 5.39. The normalized spacial score (nSPS) is 14.7. The van der Waals surface area contributed by atoms with Crippen LogP contribution in [0.15, 0.2) is 72.8 Å². The van der Waals surface area contributed by atoms with Gasteiger partial charge in [-0.1, -0.05) is 60.7 Å². The molecule has 0 spiro atoms. The second kappa shape index (κ2) is 10.5. The summed E-state index contributed by atoms with van der Waals surface area (Å²) in [5, 5.41) is 3.52. The molecule has 1 unspecified atom stereocenters. The van der Waals surface area contributed by atoms with Gasteiger partial charge in [0.15, 0.2) is 0 Å². The Morgan fingerprint density at radius 2 is 1.78 bits per heavy atom. The molecule has 36 heavy (non-hydrogen) atoms. The number of aromatic nitrogens is 3. The van der Waals surface area contributed by atoms with Gasteiger partial charge in [0.1, 0.15) is 11.6 Å². The number of nitrogens with two attached hydrogens (primary N) is 1. The van der Waals surface area contributed by atoms with Gasteiger partial charge in [-0.05, 0) is 62.8 Å². The van der Waals surface area contributed by atoms with E-state index in [0.29, 0.717) is 5.95 Å². The minimum atomic E-state index is 0.0271. The van der Waals surface area contributed by atoms with Crippen LogP contribution in [0.3, 0.4) is 0 Å². The summed E-state index contributed by atoms with van der Waals surface area (Å²) in [6, 6.07) is 25.4. The van der Waals surface area contributed by atoms with Gasteiger partial charge in [-0.3, -0.25) is 0 Å². The quantitative estimate of drug-likeness (QED) is 0.339. The number of benzene rings is 2. The molecule has 3 N–H and O–H groups in total. The lowest BCUT2D eigenvalue weighted by Gasteiger charge is -2.30. The summed E-state index contributed by atoms with van der Waals surface area (Å²) < 4.78 is 0. The monoisotopic (exact) mass is 478 g/mol. The van der Waals surface area contributed by atoms with Crippen LogP contribution in [0.25, 0.3) is 11.3 Å². The molecule has 2 atom stereocenters. The zero-order valence-electron chi connectivity index (χ0n) is 21.3. The van der Waals surface area contributed by atoms with Crippen molar-refractivity contribution in [2.24, 2.45) is 5.73 Å². The summed E-state index contributed by atoms with van der Waals surface area (Å²) in [4.78, 5) is 16.9. The zero-order valence-corrected chi connectivity index (χ0v) is 21.3. The van der Waals surface area contributed by atoms with Gasteiger partial charge >= 0.3 is 0 Å². The second-order valence-electron chi connectivity index (χ2n) is 9.77. The molecule has 2 aromatic heterocycles. The molecule has 0 fully saturated rings. The molecule has 184 valence electrons. The molecule has 6 nitrogen and oxygen atoms in total. The molecular weight excluding hydrogens is 444 g/mol. The van der Waals surface area contributed by atoms with Crippen LogP contribution in [0.2, 0.25) is 0 Å². The molecule has 2 aromatic carbocycles. The number of rotatable bonds is 7. The molecule has 0 saturated heterocycles. The fourth-order valence-corrected chi connectivity index (χ4v) is 4.82. The van der Waals surface area contributed by atoms with E-state index in [1.165, 1.54) is 11.1 Å². The third-order valence-electron chi connectivity index (χ3n) is 6.62. The van der Waals surface area contributed by atoms with Gasteiger partial charge < -0.3 is 16.0 Å². The largest absolute Gasteiger partial charge is 0.351 e. The van der Waals surface area contributed by atoms with Gasteiger partial charge in [0, 0.05) is 36.0 Å². The highest BCUT2D eigenvalue weighted by Crippen LogP contribution is 2.33. The molecular formula is C30H34N6. The average Bonchev–Trinajstić information content (AvgIpc) is 2.88. The first-order valence-electron chi connectivity index (χ1n) is 12.8. The van der Waals surface area contributed by atoms with Crippen LogP contribution in [-0.4, -0.2) is 27.5 Å². The lowest BCUT2D eigenvalue weighted by Crippen LogP contribution is -2.28. The van der Waals surface area contributed by atoms with Crippen molar-refractivity contribution in [1.29, 1.82) is 0 Å². The average molecular weight is 479 g/mol. The molecule has 0 aliphatic carbocycles. The fourth-order valence-electron chi connectivity index (χ4n) is 4.82. The van der Waals surface area contributed by atoms with E-state index in [9.17, 15) is 0 Å². The number of anilines is 3. The summed E-state index contributed by atoms with van der Waals surface area (Å²) in [6.07, 6.45) is 2.96. The maximum atomic E-state index is 6.07. The molecule has 4 aromatic rings. The van der Waals surface area contributed by atoms with E-state index in [1.54, 1.807) is 0 Å². The fraction of sp³-hybridized carbons (Fsp3) is 0.300. The molecule has 5 rings (SSSR count). The zero-order chi connectivity index (χ0) is 25.1. The van der Waals surface area contributed by atoms with E-state index in [0.717, 1.165) is 60.0 Å². The molecule has 0 amide bonds. The number of nitrogens with zero attached hydrogens (tertiary/aromatic N) is 4. The number of hydrogen-bond acceptors (Lipinski definition) is 6. The van der Waals surface area contributed by atoms with Gasteiger partial charge in [-0.25, -0.2) is 9.97 Å². The van der Waals surface area contributed by atoms with E-state index in [-0.39, 0.29) is 12.1 Å². The molecule has 3 heterocycles. The molecule has 1 aliphatic heterocycles. The Kier molecular flexibility index (Phi) is 6.96. The van der Waals surface area contributed by atoms with Crippen molar-refractivity contribution in [2.75, 3.05) is 16.8 Å². The standard InChI is InChI=1S/C30H34N6/c1-20(17-23-9-7-12-26(19-23)22(3)31)32-30-33-21(2)18-28(35-30)36-16-8-13-25-14-15-27(34-29(25)36)24-10-5-4-6-11-24/h4-7,9-12,14-15,18-20,22H,8,13,16-17,31H2,1-3H3,(H,32,33,35)/t20?,22-/m1/s1. The first-order chi connectivity index (χ1) is 17.5.